The molecule has 1 saturated heterocycles. The van der Waals surface area contributed by atoms with Crippen molar-refractivity contribution in [2.75, 3.05) is 73.6 Å². The molecule has 1 N–H and O–H groups in total. The average molecular weight is 338 g/mol. The van der Waals surface area contributed by atoms with Gasteiger partial charge in [-0.3, -0.25) is 9.89 Å². The van der Waals surface area contributed by atoms with Crippen LogP contribution in [0.3, 0.4) is 0 Å². The van der Waals surface area contributed by atoms with Crippen molar-refractivity contribution in [3.8, 4) is 0 Å². The summed E-state index contributed by atoms with van der Waals surface area (Å²) in [5.41, 5.74) is 0.991. The molecule has 1 aliphatic heterocycles. The van der Waals surface area contributed by atoms with Crippen LogP contribution in [0.5, 0.6) is 0 Å². The predicted molar refractivity (Wildman–Crippen MR) is 94.1 cm³/mol. The van der Waals surface area contributed by atoms with Crippen LogP contribution in [0, 0.1) is 0 Å². The molecule has 1 aliphatic rings. The summed E-state index contributed by atoms with van der Waals surface area (Å²) >= 11 is 0. The molecule has 1 aromatic rings. The summed E-state index contributed by atoms with van der Waals surface area (Å²) in [6.07, 6.45) is 1.63. The van der Waals surface area contributed by atoms with Crippen molar-refractivity contribution < 1.29 is 9.26 Å². The molecule has 136 valence electrons. The van der Waals surface area contributed by atoms with Crippen LogP contribution >= 0.6 is 0 Å². The molecule has 0 aromatic carbocycles. The van der Waals surface area contributed by atoms with E-state index in [-0.39, 0.29) is 0 Å². The summed E-state index contributed by atoms with van der Waals surface area (Å²) in [7, 11) is 5.68. The fraction of sp³-hybridized carbons (Fsp3) is 0.750. The first-order chi connectivity index (χ1) is 11.7. The topological polar surface area (TPSA) is 69.4 Å². The van der Waals surface area contributed by atoms with Crippen molar-refractivity contribution in [2.45, 2.75) is 6.54 Å². The molecule has 0 bridgehead atoms. The smallest absolute Gasteiger partial charge is 0.193 e. The minimum absolute atomic E-state index is 0.763. The molecule has 0 amide bonds. The quantitative estimate of drug-likeness (QED) is 0.526. The van der Waals surface area contributed by atoms with Gasteiger partial charge in [0.05, 0.1) is 12.3 Å². The van der Waals surface area contributed by atoms with E-state index in [1.165, 1.54) is 0 Å². The second-order valence-electron chi connectivity index (χ2n) is 6.02. The number of hydrogen-bond donors (Lipinski definition) is 1. The number of likely N-dealkylation sites (N-methyl/N-ethyl adjacent to an activating group) is 1. The number of ether oxygens (including phenoxy) is 1. The minimum Gasteiger partial charge on any atom is -0.383 e. The first-order valence-corrected chi connectivity index (χ1v) is 8.47. The minimum atomic E-state index is 0.763. The van der Waals surface area contributed by atoms with E-state index in [0.29, 0.717) is 0 Å². The Hall–Kier alpha value is -1.64. The Bertz CT molecular complexity index is 471. The van der Waals surface area contributed by atoms with Crippen molar-refractivity contribution in [1.82, 2.24) is 25.2 Å². The molecule has 0 spiro atoms. The number of hydrogen-bond acceptors (Lipinski definition) is 6. The first-order valence-electron chi connectivity index (χ1n) is 8.47. The molecule has 1 aromatic heterocycles. The SMILES string of the molecule is CN=C(NCCN(C)CCOC)N1CCN(Cc2ccon2)CC1. The Morgan fingerprint density at radius 1 is 1.38 bits per heavy atom. The van der Waals surface area contributed by atoms with E-state index < -0.39 is 0 Å². The van der Waals surface area contributed by atoms with Crippen molar-refractivity contribution in [1.29, 1.82) is 0 Å². The monoisotopic (exact) mass is 338 g/mol. The molecule has 2 heterocycles. The highest BCUT2D eigenvalue weighted by Gasteiger charge is 2.20. The van der Waals surface area contributed by atoms with Gasteiger partial charge in [0.15, 0.2) is 5.96 Å². The number of nitrogens with one attached hydrogen (secondary N) is 1. The van der Waals surface area contributed by atoms with Crippen LogP contribution in [0.2, 0.25) is 0 Å². The number of guanidine groups is 1. The van der Waals surface area contributed by atoms with Gasteiger partial charge in [-0.15, -0.1) is 0 Å². The predicted octanol–water partition coefficient (Wildman–Crippen LogP) is -0.0542. The van der Waals surface area contributed by atoms with Gasteiger partial charge in [-0.05, 0) is 7.05 Å². The lowest BCUT2D eigenvalue weighted by atomic mass is 10.3. The molecule has 0 saturated carbocycles. The first kappa shape index (κ1) is 18.7. The lowest BCUT2D eigenvalue weighted by Crippen LogP contribution is -2.52. The molecular weight excluding hydrogens is 308 g/mol. The standard InChI is InChI=1S/C16H30N6O2/c1-17-16(18-5-6-20(2)11-13-23-3)22-9-7-21(8-10-22)14-15-4-12-24-19-15/h4,12H,5-11,13-14H2,1-3H3,(H,17,18). The molecular formula is C16H30N6O2. The summed E-state index contributed by atoms with van der Waals surface area (Å²) in [5, 5.41) is 7.43. The third-order valence-corrected chi connectivity index (χ3v) is 4.21. The van der Waals surface area contributed by atoms with E-state index >= 15 is 0 Å². The van der Waals surface area contributed by atoms with Gasteiger partial charge in [-0.2, -0.15) is 0 Å². The fourth-order valence-electron chi connectivity index (χ4n) is 2.72. The maximum atomic E-state index is 5.09. The summed E-state index contributed by atoms with van der Waals surface area (Å²) < 4.78 is 9.99. The zero-order valence-electron chi connectivity index (χ0n) is 15.1. The van der Waals surface area contributed by atoms with Gasteiger partial charge in [0.2, 0.25) is 0 Å². The van der Waals surface area contributed by atoms with E-state index in [9.17, 15) is 0 Å². The second-order valence-corrected chi connectivity index (χ2v) is 6.02. The van der Waals surface area contributed by atoms with Crippen LogP contribution in [0.15, 0.2) is 21.8 Å². The number of aromatic nitrogens is 1. The van der Waals surface area contributed by atoms with Crippen LogP contribution in [-0.2, 0) is 11.3 Å². The van der Waals surface area contributed by atoms with Gasteiger partial charge in [-0.25, -0.2) is 0 Å². The average Bonchev–Trinajstić information content (AvgIpc) is 3.11. The van der Waals surface area contributed by atoms with Crippen LogP contribution in [0.25, 0.3) is 0 Å². The highest BCUT2D eigenvalue weighted by Crippen LogP contribution is 2.07. The van der Waals surface area contributed by atoms with Crippen molar-refractivity contribution >= 4 is 5.96 Å². The van der Waals surface area contributed by atoms with Crippen LogP contribution in [0.4, 0.5) is 0 Å². The highest BCUT2D eigenvalue weighted by molar-refractivity contribution is 5.80. The van der Waals surface area contributed by atoms with Crippen LogP contribution in [-0.4, -0.2) is 99.4 Å². The Morgan fingerprint density at radius 3 is 2.79 bits per heavy atom. The van der Waals surface area contributed by atoms with Gasteiger partial charge in [0.25, 0.3) is 0 Å². The van der Waals surface area contributed by atoms with Crippen molar-refractivity contribution in [2.24, 2.45) is 4.99 Å². The van der Waals surface area contributed by atoms with Crippen LogP contribution < -0.4 is 5.32 Å². The lowest BCUT2D eigenvalue weighted by Gasteiger charge is -2.36. The largest absolute Gasteiger partial charge is 0.383 e. The molecule has 0 aliphatic carbocycles. The van der Waals surface area contributed by atoms with Crippen molar-refractivity contribution in [3.63, 3.8) is 0 Å². The zero-order chi connectivity index (χ0) is 17.2. The van der Waals surface area contributed by atoms with E-state index in [1.807, 2.05) is 13.1 Å². The maximum Gasteiger partial charge on any atom is 0.193 e. The molecule has 0 radical (unpaired) electrons. The summed E-state index contributed by atoms with van der Waals surface area (Å²) in [6, 6.07) is 1.92. The highest BCUT2D eigenvalue weighted by atomic mass is 16.5. The van der Waals surface area contributed by atoms with E-state index in [0.717, 1.165) is 70.6 Å². The molecule has 24 heavy (non-hydrogen) atoms. The molecule has 1 fully saturated rings. The molecule has 0 unspecified atom stereocenters. The normalized spacial score (nSPS) is 16.8. The number of piperazine rings is 1. The molecule has 8 nitrogen and oxygen atoms in total. The van der Waals surface area contributed by atoms with Gasteiger partial charge < -0.3 is 24.4 Å². The van der Waals surface area contributed by atoms with Crippen LogP contribution in [0.1, 0.15) is 5.69 Å². The second kappa shape index (κ2) is 10.3. The third-order valence-electron chi connectivity index (χ3n) is 4.21. The maximum absolute atomic E-state index is 5.09. The van der Waals surface area contributed by atoms with Crippen molar-refractivity contribution in [3.05, 3.63) is 18.0 Å². The molecule has 2 rings (SSSR count). The number of aliphatic imine (C=N–C) groups is 1. The summed E-state index contributed by atoms with van der Waals surface area (Å²) in [5.74, 6) is 0.983. The Kier molecular flexibility index (Phi) is 8.00. The van der Waals surface area contributed by atoms with E-state index in [4.69, 9.17) is 9.26 Å². The number of nitrogens with zero attached hydrogens (tertiary/aromatic N) is 5. The molecule has 8 heteroatoms. The Morgan fingerprint density at radius 2 is 2.17 bits per heavy atom. The fourth-order valence-corrected chi connectivity index (χ4v) is 2.72. The van der Waals surface area contributed by atoms with E-state index in [2.05, 4.69) is 37.2 Å². The van der Waals surface area contributed by atoms with Gasteiger partial charge in [0, 0.05) is 72.6 Å². The van der Waals surface area contributed by atoms with Gasteiger partial charge in [-0.1, -0.05) is 5.16 Å². The summed E-state index contributed by atoms with van der Waals surface area (Å²) in [4.78, 5) is 11.4. The zero-order valence-corrected chi connectivity index (χ0v) is 15.1. The number of rotatable bonds is 8. The Labute approximate surface area is 144 Å². The Balaban J connectivity index is 1.67. The van der Waals surface area contributed by atoms with Gasteiger partial charge in [0.1, 0.15) is 6.26 Å². The third kappa shape index (κ3) is 6.10. The lowest BCUT2D eigenvalue weighted by molar-refractivity contribution is 0.160. The molecule has 0 atom stereocenters. The number of methoxy groups -OCH3 is 1. The van der Waals surface area contributed by atoms with Gasteiger partial charge >= 0.3 is 0 Å². The summed E-state index contributed by atoms with van der Waals surface area (Å²) in [6.45, 7) is 8.34. The van der Waals surface area contributed by atoms with E-state index in [1.54, 1.807) is 13.4 Å².